The first kappa shape index (κ1) is 13.0. The van der Waals surface area contributed by atoms with Crippen LogP contribution in [-0.4, -0.2) is 31.5 Å². The van der Waals surface area contributed by atoms with Gasteiger partial charge in [-0.05, 0) is 32.9 Å². The Labute approximate surface area is 97.0 Å². The van der Waals surface area contributed by atoms with Gasteiger partial charge in [-0.3, -0.25) is 4.98 Å². The molecule has 0 bridgehead atoms. The average molecular weight is 242 g/mol. The lowest BCUT2D eigenvalue weighted by Crippen LogP contribution is -2.25. The van der Waals surface area contributed by atoms with Crippen molar-refractivity contribution in [2.24, 2.45) is 0 Å². The second-order valence-corrected chi connectivity index (χ2v) is 6.41. The van der Waals surface area contributed by atoms with Crippen molar-refractivity contribution in [3.8, 4) is 0 Å². The summed E-state index contributed by atoms with van der Waals surface area (Å²) >= 11 is 0. The summed E-state index contributed by atoms with van der Waals surface area (Å²) in [5.74, 6) is 0.125. The number of anilines is 1. The molecule has 0 spiro atoms. The third kappa shape index (κ3) is 4.18. The van der Waals surface area contributed by atoms with Crippen LogP contribution in [0.5, 0.6) is 0 Å². The van der Waals surface area contributed by atoms with Gasteiger partial charge in [0.15, 0.2) is 0 Å². The van der Waals surface area contributed by atoms with E-state index < -0.39 is 9.84 Å². The molecular weight excluding hydrogens is 224 g/mol. The Morgan fingerprint density at radius 1 is 1.38 bits per heavy atom. The van der Waals surface area contributed by atoms with Gasteiger partial charge in [-0.15, -0.1) is 0 Å². The molecule has 0 aromatic carbocycles. The highest BCUT2D eigenvalue weighted by atomic mass is 32.2. The first-order valence-corrected chi connectivity index (χ1v) is 7.22. The third-order valence-electron chi connectivity index (χ3n) is 2.18. The van der Waals surface area contributed by atoms with E-state index in [-0.39, 0.29) is 11.8 Å². The largest absolute Gasteiger partial charge is 0.380 e. The Morgan fingerprint density at radius 2 is 2.00 bits per heavy atom. The molecule has 1 N–H and O–H groups in total. The van der Waals surface area contributed by atoms with Crippen molar-refractivity contribution in [1.82, 2.24) is 4.98 Å². The average Bonchev–Trinajstić information content (AvgIpc) is 2.06. The topological polar surface area (TPSA) is 59.1 Å². The Morgan fingerprint density at radius 3 is 2.50 bits per heavy atom. The summed E-state index contributed by atoms with van der Waals surface area (Å²) in [7, 11) is -2.95. The maximum atomic E-state index is 11.1. The van der Waals surface area contributed by atoms with Gasteiger partial charge in [0.2, 0.25) is 0 Å². The smallest absolute Gasteiger partial charge is 0.149 e. The van der Waals surface area contributed by atoms with Crippen LogP contribution in [-0.2, 0) is 9.84 Å². The van der Waals surface area contributed by atoms with Crippen molar-refractivity contribution in [3.63, 3.8) is 0 Å². The highest BCUT2D eigenvalue weighted by Crippen LogP contribution is 2.14. The molecule has 0 unspecified atom stereocenters. The molecule has 0 saturated carbocycles. The van der Waals surface area contributed by atoms with Crippen molar-refractivity contribution in [1.29, 1.82) is 0 Å². The van der Waals surface area contributed by atoms with Crippen molar-refractivity contribution >= 4 is 15.5 Å². The normalized spacial score (nSPS) is 13.5. The molecule has 16 heavy (non-hydrogen) atoms. The van der Waals surface area contributed by atoms with Crippen LogP contribution in [0.3, 0.4) is 0 Å². The molecule has 1 atom stereocenters. The highest BCUT2D eigenvalue weighted by molar-refractivity contribution is 7.90. The molecule has 0 fully saturated rings. The van der Waals surface area contributed by atoms with Crippen molar-refractivity contribution < 1.29 is 8.42 Å². The first-order valence-electron chi connectivity index (χ1n) is 5.16. The second kappa shape index (κ2) is 4.82. The molecule has 4 nitrogen and oxygen atoms in total. The fourth-order valence-corrected chi connectivity index (χ4v) is 2.59. The minimum Gasteiger partial charge on any atom is -0.380 e. The lowest BCUT2D eigenvalue weighted by atomic mass is 10.2. The summed E-state index contributed by atoms with van der Waals surface area (Å²) in [4.78, 5) is 4.31. The number of aromatic nitrogens is 1. The number of nitrogens with one attached hydrogen (secondary N) is 1. The van der Waals surface area contributed by atoms with E-state index in [9.17, 15) is 8.42 Å². The summed E-state index contributed by atoms with van der Waals surface area (Å²) in [6.45, 7) is 5.68. The van der Waals surface area contributed by atoms with Gasteiger partial charge in [0.05, 0.1) is 17.1 Å². The number of sulfone groups is 1. The minimum absolute atomic E-state index is 0.113. The van der Waals surface area contributed by atoms with Gasteiger partial charge in [0.25, 0.3) is 0 Å². The van der Waals surface area contributed by atoms with E-state index in [1.807, 2.05) is 32.9 Å². The molecule has 1 aromatic rings. The summed E-state index contributed by atoms with van der Waals surface area (Å²) in [5.41, 5.74) is 2.74. The lowest BCUT2D eigenvalue weighted by molar-refractivity contribution is 0.598. The Hall–Kier alpha value is -1.10. The molecule has 1 heterocycles. The van der Waals surface area contributed by atoms with Gasteiger partial charge in [-0.1, -0.05) is 0 Å². The Bertz CT molecular complexity index is 469. The van der Waals surface area contributed by atoms with E-state index in [4.69, 9.17) is 0 Å². The van der Waals surface area contributed by atoms with Crippen LogP contribution in [0.2, 0.25) is 0 Å². The van der Waals surface area contributed by atoms with Crippen LogP contribution in [0.25, 0.3) is 0 Å². The van der Waals surface area contributed by atoms with Crippen LogP contribution in [0, 0.1) is 13.8 Å². The highest BCUT2D eigenvalue weighted by Gasteiger charge is 2.11. The molecular formula is C11H18N2O2S. The van der Waals surface area contributed by atoms with Crippen LogP contribution in [0.15, 0.2) is 12.1 Å². The molecule has 0 radical (unpaired) electrons. The summed E-state index contributed by atoms with van der Waals surface area (Å²) in [6.07, 6.45) is 1.24. The van der Waals surface area contributed by atoms with Gasteiger partial charge in [-0.25, -0.2) is 8.42 Å². The zero-order chi connectivity index (χ0) is 12.3. The minimum atomic E-state index is -2.95. The van der Waals surface area contributed by atoms with Gasteiger partial charge in [0, 0.05) is 18.0 Å². The molecule has 0 saturated heterocycles. The van der Waals surface area contributed by atoms with Crippen molar-refractivity contribution in [2.45, 2.75) is 26.8 Å². The first-order chi connectivity index (χ1) is 7.28. The van der Waals surface area contributed by atoms with E-state index in [0.29, 0.717) is 0 Å². The fourth-order valence-electron chi connectivity index (χ4n) is 1.60. The SMILES string of the molecule is Cc1ccc(N[C@@H](C)CS(C)(=O)=O)c(C)n1. The van der Waals surface area contributed by atoms with E-state index in [2.05, 4.69) is 10.3 Å². The zero-order valence-corrected chi connectivity index (χ0v) is 10.9. The predicted molar refractivity (Wildman–Crippen MR) is 66.5 cm³/mol. The van der Waals surface area contributed by atoms with E-state index in [1.165, 1.54) is 6.26 Å². The molecule has 0 aliphatic carbocycles. The predicted octanol–water partition coefficient (Wildman–Crippen LogP) is 1.54. The van der Waals surface area contributed by atoms with E-state index in [1.54, 1.807) is 0 Å². The number of aryl methyl sites for hydroxylation is 2. The van der Waals surface area contributed by atoms with Gasteiger partial charge in [0.1, 0.15) is 9.84 Å². The van der Waals surface area contributed by atoms with Crippen molar-refractivity contribution in [3.05, 3.63) is 23.5 Å². The second-order valence-electron chi connectivity index (χ2n) is 4.22. The molecule has 5 heteroatoms. The third-order valence-corrected chi connectivity index (χ3v) is 3.29. The lowest BCUT2D eigenvalue weighted by Gasteiger charge is -2.15. The quantitative estimate of drug-likeness (QED) is 0.870. The van der Waals surface area contributed by atoms with Crippen LogP contribution in [0.4, 0.5) is 5.69 Å². The molecule has 0 aliphatic heterocycles. The van der Waals surface area contributed by atoms with E-state index >= 15 is 0 Å². The molecule has 90 valence electrons. The number of hydrogen-bond acceptors (Lipinski definition) is 4. The van der Waals surface area contributed by atoms with Gasteiger partial charge in [-0.2, -0.15) is 0 Å². The number of nitrogens with zero attached hydrogens (tertiary/aromatic N) is 1. The summed E-state index contributed by atoms with van der Waals surface area (Å²) < 4.78 is 22.2. The monoisotopic (exact) mass is 242 g/mol. The van der Waals surface area contributed by atoms with Gasteiger partial charge < -0.3 is 5.32 Å². The van der Waals surface area contributed by atoms with E-state index in [0.717, 1.165) is 17.1 Å². The summed E-state index contributed by atoms with van der Waals surface area (Å²) in [5, 5.41) is 3.15. The molecule has 0 aliphatic rings. The zero-order valence-electron chi connectivity index (χ0n) is 10.1. The van der Waals surface area contributed by atoms with Crippen LogP contribution >= 0.6 is 0 Å². The Balaban J connectivity index is 2.73. The standard InChI is InChI=1S/C11H18N2O2S/c1-8-5-6-11(10(3)12-8)13-9(2)7-16(4,14)15/h5-6,9,13H,7H2,1-4H3/t9-/m0/s1. The maximum Gasteiger partial charge on any atom is 0.149 e. The maximum absolute atomic E-state index is 11.1. The molecule has 0 amide bonds. The summed E-state index contributed by atoms with van der Waals surface area (Å²) in [6, 6.07) is 3.72. The molecule has 1 aromatic heterocycles. The molecule has 1 rings (SSSR count). The number of rotatable bonds is 4. The fraction of sp³-hybridized carbons (Fsp3) is 0.545. The number of hydrogen-bond donors (Lipinski definition) is 1. The number of pyridine rings is 1. The van der Waals surface area contributed by atoms with Crippen LogP contribution in [0.1, 0.15) is 18.3 Å². The van der Waals surface area contributed by atoms with Crippen molar-refractivity contribution in [2.75, 3.05) is 17.3 Å². The Kier molecular flexibility index (Phi) is 3.91. The van der Waals surface area contributed by atoms with Gasteiger partial charge >= 0.3 is 0 Å². The van der Waals surface area contributed by atoms with Crippen LogP contribution < -0.4 is 5.32 Å².